The molecule has 1 aromatic heterocycles. The third-order valence-corrected chi connectivity index (χ3v) is 4.23. The topological polar surface area (TPSA) is 68.3 Å². The zero-order valence-electron chi connectivity index (χ0n) is 10.3. The summed E-state index contributed by atoms with van der Waals surface area (Å²) < 4.78 is 27.2. The Kier molecular flexibility index (Phi) is 5.51. The van der Waals surface area contributed by atoms with Crippen LogP contribution in [0.2, 0.25) is 0 Å². The van der Waals surface area contributed by atoms with Gasteiger partial charge in [0.25, 0.3) is 0 Å². The number of ether oxygens (including phenoxy) is 1. The lowest BCUT2D eigenvalue weighted by Crippen LogP contribution is -2.18. The number of thiazole rings is 1. The maximum atomic E-state index is 11.2. The first-order chi connectivity index (χ1) is 7.92. The van der Waals surface area contributed by atoms with E-state index in [9.17, 15) is 8.42 Å². The van der Waals surface area contributed by atoms with Crippen molar-refractivity contribution in [3.8, 4) is 0 Å². The van der Waals surface area contributed by atoms with Crippen LogP contribution in [0, 0.1) is 6.92 Å². The molecule has 0 amide bonds. The fourth-order valence-electron chi connectivity index (χ4n) is 1.31. The Balaban J connectivity index is 2.56. The van der Waals surface area contributed by atoms with Crippen molar-refractivity contribution in [3.05, 3.63) is 15.6 Å². The second-order valence-electron chi connectivity index (χ2n) is 3.86. The average Bonchev–Trinajstić information content (AvgIpc) is 2.51. The van der Waals surface area contributed by atoms with Crippen molar-refractivity contribution >= 4 is 21.2 Å². The van der Waals surface area contributed by atoms with Gasteiger partial charge in [0.1, 0.15) is 10.8 Å². The van der Waals surface area contributed by atoms with Gasteiger partial charge in [0.05, 0.1) is 12.3 Å². The summed E-state index contributed by atoms with van der Waals surface area (Å²) in [5.41, 5.74) is 0.901. The third kappa shape index (κ3) is 5.58. The Morgan fingerprint density at radius 1 is 1.47 bits per heavy atom. The van der Waals surface area contributed by atoms with Crippen LogP contribution >= 0.6 is 11.3 Å². The fraction of sp³-hybridized carbons (Fsp3) is 0.700. The van der Waals surface area contributed by atoms with E-state index in [4.69, 9.17) is 4.74 Å². The molecule has 7 heteroatoms. The van der Waals surface area contributed by atoms with Crippen LogP contribution in [0.3, 0.4) is 0 Å². The van der Waals surface area contributed by atoms with Gasteiger partial charge in [-0.3, -0.25) is 0 Å². The minimum absolute atomic E-state index is 0.0244. The molecule has 0 bridgehead atoms. The van der Waals surface area contributed by atoms with E-state index in [1.54, 1.807) is 7.11 Å². The van der Waals surface area contributed by atoms with Crippen LogP contribution in [0.5, 0.6) is 0 Å². The molecule has 0 aliphatic carbocycles. The monoisotopic (exact) mass is 278 g/mol. The average molecular weight is 278 g/mol. The minimum Gasteiger partial charge on any atom is -0.383 e. The number of rotatable bonds is 7. The Morgan fingerprint density at radius 2 is 2.18 bits per heavy atom. The zero-order chi connectivity index (χ0) is 12.9. The van der Waals surface area contributed by atoms with Crippen molar-refractivity contribution in [2.24, 2.45) is 0 Å². The van der Waals surface area contributed by atoms with Crippen LogP contribution in [0.1, 0.15) is 15.6 Å². The van der Waals surface area contributed by atoms with Crippen LogP contribution in [0.15, 0.2) is 0 Å². The van der Waals surface area contributed by atoms with Gasteiger partial charge in [-0.05, 0) is 6.92 Å². The maximum Gasteiger partial charge on any atom is 0.153 e. The quantitative estimate of drug-likeness (QED) is 0.745. The number of sulfone groups is 1. The van der Waals surface area contributed by atoms with Crippen LogP contribution < -0.4 is 5.32 Å². The lowest BCUT2D eigenvalue weighted by atomic mass is 10.4. The molecule has 1 N–H and O–H groups in total. The van der Waals surface area contributed by atoms with Gasteiger partial charge in [-0.15, -0.1) is 11.3 Å². The van der Waals surface area contributed by atoms with E-state index in [0.717, 1.165) is 17.1 Å². The molecule has 1 rings (SSSR count). The molecule has 98 valence electrons. The van der Waals surface area contributed by atoms with Gasteiger partial charge in [0.2, 0.25) is 0 Å². The van der Waals surface area contributed by atoms with E-state index in [1.165, 1.54) is 17.6 Å². The first kappa shape index (κ1) is 14.6. The van der Waals surface area contributed by atoms with Gasteiger partial charge in [-0.1, -0.05) is 0 Å². The summed E-state index contributed by atoms with van der Waals surface area (Å²) in [5.74, 6) is 0.0244. The first-order valence-electron chi connectivity index (χ1n) is 5.25. The van der Waals surface area contributed by atoms with Crippen LogP contribution in [-0.2, 0) is 26.9 Å². The molecule has 0 fully saturated rings. The summed E-state index contributed by atoms with van der Waals surface area (Å²) >= 11 is 1.45. The SMILES string of the molecule is COCCNCc1sc(CS(C)(=O)=O)nc1C. The lowest BCUT2D eigenvalue weighted by molar-refractivity contribution is 0.199. The second-order valence-corrected chi connectivity index (χ2v) is 7.16. The van der Waals surface area contributed by atoms with Crippen molar-refractivity contribution in [2.75, 3.05) is 26.5 Å². The molecule has 0 aliphatic heterocycles. The summed E-state index contributed by atoms with van der Waals surface area (Å²) in [5, 5.41) is 3.88. The molecule has 0 unspecified atom stereocenters. The molecule has 5 nitrogen and oxygen atoms in total. The predicted octanol–water partition coefficient (Wildman–Crippen LogP) is 0.732. The van der Waals surface area contributed by atoms with Gasteiger partial charge in [0, 0.05) is 31.3 Å². The van der Waals surface area contributed by atoms with Gasteiger partial charge in [-0.2, -0.15) is 0 Å². The molecule has 0 aromatic carbocycles. The molecule has 1 heterocycles. The number of nitrogens with one attached hydrogen (secondary N) is 1. The largest absolute Gasteiger partial charge is 0.383 e. The molecule has 0 saturated carbocycles. The van der Waals surface area contributed by atoms with Gasteiger partial charge in [0.15, 0.2) is 9.84 Å². The van der Waals surface area contributed by atoms with Crippen molar-refractivity contribution < 1.29 is 13.2 Å². The third-order valence-electron chi connectivity index (χ3n) is 2.09. The Labute approximate surface area is 106 Å². The summed E-state index contributed by atoms with van der Waals surface area (Å²) in [4.78, 5) is 5.35. The van der Waals surface area contributed by atoms with Gasteiger partial charge >= 0.3 is 0 Å². The highest BCUT2D eigenvalue weighted by Crippen LogP contribution is 2.19. The fourth-order valence-corrected chi connectivity index (χ4v) is 3.54. The zero-order valence-corrected chi connectivity index (χ0v) is 11.9. The van der Waals surface area contributed by atoms with Crippen molar-refractivity contribution in [1.82, 2.24) is 10.3 Å². The number of aryl methyl sites for hydroxylation is 1. The number of hydrogen-bond acceptors (Lipinski definition) is 6. The van der Waals surface area contributed by atoms with Crippen molar-refractivity contribution in [1.29, 1.82) is 0 Å². The predicted molar refractivity (Wildman–Crippen MR) is 69.0 cm³/mol. The number of aromatic nitrogens is 1. The van der Waals surface area contributed by atoms with Gasteiger partial charge < -0.3 is 10.1 Å². The van der Waals surface area contributed by atoms with E-state index in [2.05, 4.69) is 10.3 Å². The molecular weight excluding hydrogens is 260 g/mol. The minimum atomic E-state index is -3.00. The molecule has 1 aromatic rings. The number of hydrogen-bond donors (Lipinski definition) is 1. The number of methoxy groups -OCH3 is 1. The molecule has 0 saturated heterocycles. The Morgan fingerprint density at radius 3 is 2.76 bits per heavy atom. The highest BCUT2D eigenvalue weighted by atomic mass is 32.2. The summed E-state index contributed by atoms with van der Waals surface area (Å²) in [6, 6.07) is 0. The van der Waals surface area contributed by atoms with E-state index < -0.39 is 9.84 Å². The highest BCUT2D eigenvalue weighted by Gasteiger charge is 2.11. The Bertz CT molecular complexity index is 454. The molecule has 0 aliphatic rings. The number of nitrogens with zero attached hydrogens (tertiary/aromatic N) is 1. The Hall–Kier alpha value is -0.500. The van der Waals surface area contributed by atoms with Crippen molar-refractivity contribution in [3.63, 3.8) is 0 Å². The van der Waals surface area contributed by atoms with E-state index in [-0.39, 0.29) is 5.75 Å². The first-order valence-corrected chi connectivity index (χ1v) is 8.12. The lowest BCUT2D eigenvalue weighted by Gasteiger charge is -2.01. The molecular formula is C10H18N2O3S2. The molecule has 17 heavy (non-hydrogen) atoms. The maximum absolute atomic E-state index is 11.2. The van der Waals surface area contributed by atoms with Crippen LogP contribution in [0.25, 0.3) is 0 Å². The van der Waals surface area contributed by atoms with Crippen molar-refractivity contribution in [2.45, 2.75) is 19.2 Å². The van der Waals surface area contributed by atoms with Crippen LogP contribution in [0.4, 0.5) is 0 Å². The van der Waals surface area contributed by atoms with Crippen LogP contribution in [-0.4, -0.2) is 39.9 Å². The molecule has 0 spiro atoms. The standard InChI is InChI=1S/C10H18N2O3S2/c1-8-9(6-11-4-5-15-2)16-10(12-8)7-17(3,13)14/h11H,4-7H2,1-3H3. The summed E-state index contributed by atoms with van der Waals surface area (Å²) in [6.45, 7) is 4.04. The molecule has 0 radical (unpaired) electrons. The van der Waals surface area contributed by atoms with E-state index in [0.29, 0.717) is 18.2 Å². The van der Waals surface area contributed by atoms with E-state index in [1.807, 2.05) is 6.92 Å². The normalized spacial score (nSPS) is 11.9. The molecule has 0 atom stereocenters. The van der Waals surface area contributed by atoms with E-state index >= 15 is 0 Å². The highest BCUT2D eigenvalue weighted by molar-refractivity contribution is 7.90. The second kappa shape index (κ2) is 6.44. The summed E-state index contributed by atoms with van der Waals surface area (Å²) in [7, 11) is -1.35. The summed E-state index contributed by atoms with van der Waals surface area (Å²) in [6.07, 6.45) is 1.22. The smallest absolute Gasteiger partial charge is 0.153 e. The van der Waals surface area contributed by atoms with Gasteiger partial charge in [-0.25, -0.2) is 13.4 Å².